The Labute approximate surface area is 92.4 Å². The highest BCUT2D eigenvalue weighted by Gasteiger charge is 2.29. The first-order valence-electron chi connectivity index (χ1n) is 4.99. The molecule has 1 aliphatic heterocycles. The summed E-state index contributed by atoms with van der Waals surface area (Å²) in [6.45, 7) is 7.53. The van der Waals surface area contributed by atoms with E-state index in [0.717, 1.165) is 31.8 Å². The highest BCUT2D eigenvalue weighted by Crippen LogP contribution is 2.18. The number of hydrogen-bond donors (Lipinski definition) is 1. The summed E-state index contributed by atoms with van der Waals surface area (Å²) in [5, 5.41) is 0. The van der Waals surface area contributed by atoms with E-state index in [9.17, 15) is 4.79 Å². The fourth-order valence-electron chi connectivity index (χ4n) is 1.62. The Morgan fingerprint density at radius 3 is 2.14 bits per heavy atom. The minimum Gasteiger partial charge on any atom is -0.341 e. The lowest BCUT2D eigenvalue weighted by molar-refractivity contribution is -0.137. The number of likely N-dealkylation sites (tertiary alicyclic amines) is 1. The number of halogens is 1. The van der Waals surface area contributed by atoms with E-state index in [1.54, 1.807) is 13.8 Å². The van der Waals surface area contributed by atoms with Crippen molar-refractivity contribution < 1.29 is 4.79 Å². The second-order valence-corrected chi connectivity index (χ2v) is 4.70. The highest BCUT2D eigenvalue weighted by molar-refractivity contribution is 5.85. The van der Waals surface area contributed by atoms with Crippen LogP contribution in [0, 0.1) is 5.92 Å². The van der Waals surface area contributed by atoms with Gasteiger partial charge in [0, 0.05) is 13.1 Å². The lowest BCUT2D eigenvalue weighted by atomic mass is 9.96. The molecule has 0 spiro atoms. The maximum atomic E-state index is 11.7. The van der Waals surface area contributed by atoms with Gasteiger partial charge >= 0.3 is 0 Å². The fraction of sp³-hybridized carbons (Fsp3) is 0.900. The Morgan fingerprint density at radius 1 is 1.36 bits per heavy atom. The molecule has 0 aromatic carbocycles. The van der Waals surface area contributed by atoms with Gasteiger partial charge in [-0.2, -0.15) is 0 Å². The average molecular weight is 221 g/mol. The number of hydrogen-bond acceptors (Lipinski definition) is 2. The summed E-state index contributed by atoms with van der Waals surface area (Å²) in [6, 6.07) is 0. The maximum absolute atomic E-state index is 11.7. The van der Waals surface area contributed by atoms with Crippen LogP contribution in [0.4, 0.5) is 0 Å². The van der Waals surface area contributed by atoms with Crippen molar-refractivity contribution in [3.63, 3.8) is 0 Å². The third-order valence-corrected chi connectivity index (χ3v) is 2.62. The van der Waals surface area contributed by atoms with E-state index in [1.165, 1.54) is 0 Å². The molecule has 1 heterocycles. The molecule has 0 unspecified atom stereocenters. The molecule has 1 saturated heterocycles. The van der Waals surface area contributed by atoms with Crippen molar-refractivity contribution in [2.75, 3.05) is 13.1 Å². The van der Waals surface area contributed by atoms with Gasteiger partial charge in [-0.05, 0) is 32.6 Å². The molecule has 84 valence electrons. The number of piperidine rings is 1. The standard InChI is InChI=1S/C10H20N2O.ClH/c1-8-4-6-12(7-5-8)9(13)10(2,3)11;/h8H,4-7,11H2,1-3H3;1H. The van der Waals surface area contributed by atoms with Crippen molar-refractivity contribution in [2.45, 2.75) is 39.2 Å². The van der Waals surface area contributed by atoms with E-state index >= 15 is 0 Å². The van der Waals surface area contributed by atoms with Crippen molar-refractivity contribution in [3.8, 4) is 0 Å². The van der Waals surface area contributed by atoms with E-state index in [1.807, 2.05) is 4.90 Å². The number of rotatable bonds is 1. The molecule has 0 aromatic heterocycles. The Balaban J connectivity index is 0.00000169. The second kappa shape index (κ2) is 4.99. The number of carbonyl (C=O) groups is 1. The van der Waals surface area contributed by atoms with E-state index in [-0.39, 0.29) is 18.3 Å². The molecular formula is C10H21ClN2O. The first kappa shape index (κ1) is 13.7. The minimum absolute atomic E-state index is 0. The molecule has 3 nitrogen and oxygen atoms in total. The monoisotopic (exact) mass is 220 g/mol. The SMILES string of the molecule is CC1CCN(C(=O)C(C)(C)N)CC1.Cl. The Kier molecular flexibility index (Phi) is 4.89. The normalized spacial score (nSPS) is 19.0. The molecule has 4 heteroatoms. The highest BCUT2D eigenvalue weighted by atomic mass is 35.5. The van der Waals surface area contributed by atoms with Crippen LogP contribution in [0.3, 0.4) is 0 Å². The molecule has 0 aromatic rings. The molecule has 0 atom stereocenters. The van der Waals surface area contributed by atoms with Gasteiger partial charge in [0.25, 0.3) is 0 Å². The molecule has 0 bridgehead atoms. The van der Waals surface area contributed by atoms with E-state index < -0.39 is 5.54 Å². The second-order valence-electron chi connectivity index (χ2n) is 4.70. The molecular weight excluding hydrogens is 200 g/mol. The number of nitrogens with two attached hydrogens (primary N) is 1. The first-order chi connectivity index (χ1) is 5.91. The summed E-state index contributed by atoms with van der Waals surface area (Å²) in [4.78, 5) is 13.6. The van der Waals surface area contributed by atoms with Crippen molar-refractivity contribution >= 4 is 18.3 Å². The van der Waals surface area contributed by atoms with Crippen molar-refractivity contribution in [2.24, 2.45) is 11.7 Å². The molecule has 14 heavy (non-hydrogen) atoms. The zero-order valence-electron chi connectivity index (χ0n) is 9.25. The molecule has 1 fully saturated rings. The van der Waals surface area contributed by atoms with Crippen LogP contribution in [0.5, 0.6) is 0 Å². The zero-order valence-corrected chi connectivity index (χ0v) is 10.1. The van der Waals surface area contributed by atoms with Crippen LogP contribution < -0.4 is 5.73 Å². The van der Waals surface area contributed by atoms with E-state index in [2.05, 4.69) is 6.92 Å². The van der Waals surface area contributed by atoms with Gasteiger partial charge in [0.1, 0.15) is 0 Å². The smallest absolute Gasteiger partial charge is 0.242 e. The van der Waals surface area contributed by atoms with Crippen LogP contribution in [-0.4, -0.2) is 29.4 Å². The summed E-state index contributed by atoms with van der Waals surface area (Å²) in [7, 11) is 0. The number of amides is 1. The van der Waals surface area contributed by atoms with Crippen LogP contribution in [0.25, 0.3) is 0 Å². The molecule has 1 aliphatic rings. The molecule has 1 amide bonds. The van der Waals surface area contributed by atoms with Crippen molar-refractivity contribution in [3.05, 3.63) is 0 Å². The molecule has 0 radical (unpaired) electrons. The molecule has 2 N–H and O–H groups in total. The summed E-state index contributed by atoms with van der Waals surface area (Å²) in [5.74, 6) is 0.837. The summed E-state index contributed by atoms with van der Waals surface area (Å²) >= 11 is 0. The van der Waals surface area contributed by atoms with Crippen LogP contribution in [0.2, 0.25) is 0 Å². The third-order valence-electron chi connectivity index (χ3n) is 2.62. The summed E-state index contributed by atoms with van der Waals surface area (Å²) in [5.41, 5.74) is 5.05. The van der Waals surface area contributed by atoms with Crippen molar-refractivity contribution in [1.29, 1.82) is 0 Å². The van der Waals surface area contributed by atoms with Gasteiger partial charge in [-0.1, -0.05) is 6.92 Å². The molecule has 0 aliphatic carbocycles. The molecule has 1 rings (SSSR count). The van der Waals surface area contributed by atoms with Crippen molar-refractivity contribution in [1.82, 2.24) is 4.90 Å². The lowest BCUT2D eigenvalue weighted by Gasteiger charge is -2.34. The van der Waals surface area contributed by atoms with Gasteiger partial charge in [-0.3, -0.25) is 4.79 Å². The predicted octanol–water partition coefficient (Wildman–Crippen LogP) is 1.40. The summed E-state index contributed by atoms with van der Waals surface area (Å²) < 4.78 is 0. The van der Waals surface area contributed by atoms with Crippen LogP contribution in [-0.2, 0) is 4.79 Å². The van der Waals surface area contributed by atoms with E-state index in [0.29, 0.717) is 0 Å². The van der Waals surface area contributed by atoms with Crippen LogP contribution >= 0.6 is 12.4 Å². The number of carbonyl (C=O) groups excluding carboxylic acids is 1. The predicted molar refractivity (Wildman–Crippen MR) is 60.5 cm³/mol. The molecule has 0 saturated carbocycles. The fourth-order valence-corrected chi connectivity index (χ4v) is 1.62. The van der Waals surface area contributed by atoms with Gasteiger partial charge in [0.15, 0.2) is 0 Å². The summed E-state index contributed by atoms with van der Waals surface area (Å²) in [6.07, 6.45) is 2.23. The van der Waals surface area contributed by atoms with Gasteiger partial charge in [0.05, 0.1) is 5.54 Å². The number of nitrogens with zero attached hydrogens (tertiary/aromatic N) is 1. The van der Waals surface area contributed by atoms with Crippen LogP contribution in [0.1, 0.15) is 33.6 Å². The third kappa shape index (κ3) is 3.46. The lowest BCUT2D eigenvalue weighted by Crippen LogP contribution is -2.53. The van der Waals surface area contributed by atoms with Gasteiger partial charge in [-0.15, -0.1) is 12.4 Å². The average Bonchev–Trinajstić information content (AvgIpc) is 2.03. The van der Waals surface area contributed by atoms with Gasteiger partial charge in [0.2, 0.25) is 5.91 Å². The Morgan fingerprint density at radius 2 is 1.79 bits per heavy atom. The zero-order chi connectivity index (χ0) is 10.1. The topological polar surface area (TPSA) is 46.3 Å². The minimum atomic E-state index is -0.708. The Hall–Kier alpha value is -0.280. The van der Waals surface area contributed by atoms with Crippen LogP contribution in [0.15, 0.2) is 0 Å². The first-order valence-corrected chi connectivity index (χ1v) is 4.99. The maximum Gasteiger partial charge on any atom is 0.242 e. The van der Waals surface area contributed by atoms with Gasteiger partial charge in [-0.25, -0.2) is 0 Å². The van der Waals surface area contributed by atoms with Gasteiger partial charge < -0.3 is 10.6 Å². The van der Waals surface area contributed by atoms with E-state index in [4.69, 9.17) is 5.73 Å². The largest absolute Gasteiger partial charge is 0.341 e. The Bertz CT molecular complexity index is 193. The quantitative estimate of drug-likeness (QED) is 0.726.